The molecule has 1 unspecified atom stereocenters. The molecule has 1 aliphatic rings. The molecule has 1 aliphatic heterocycles. The largest absolute Gasteiger partial charge is 0.482 e. The van der Waals surface area contributed by atoms with E-state index < -0.39 is 0 Å². The number of aliphatic imine (C=N–C) groups is 1. The molecule has 0 fully saturated rings. The van der Waals surface area contributed by atoms with E-state index in [0.29, 0.717) is 5.92 Å². The van der Waals surface area contributed by atoms with Gasteiger partial charge in [0.05, 0.1) is 6.20 Å². The molecule has 1 aromatic heterocycles. The van der Waals surface area contributed by atoms with Gasteiger partial charge in [-0.3, -0.25) is 4.99 Å². The van der Waals surface area contributed by atoms with Gasteiger partial charge in [-0.1, -0.05) is 13.8 Å². The normalized spacial score (nSPS) is 19.7. The number of hydrogen-bond acceptors (Lipinski definition) is 3. The Morgan fingerprint density at radius 3 is 2.88 bits per heavy atom. The Hall–Kier alpha value is -1.09. The minimum absolute atomic E-state index is 0.134. The maximum atomic E-state index is 5.99. The van der Waals surface area contributed by atoms with E-state index in [2.05, 4.69) is 35.7 Å². The van der Waals surface area contributed by atoms with Crippen LogP contribution in [-0.4, -0.2) is 12.3 Å². The molecule has 0 spiro atoms. The molecular weight excluding hydrogens is 218 g/mol. The zero-order valence-electron chi connectivity index (χ0n) is 9.72. The number of hydrogen-bond donors (Lipinski definition) is 0. The van der Waals surface area contributed by atoms with Crippen molar-refractivity contribution in [1.29, 1.82) is 0 Å². The molecule has 0 aliphatic carbocycles. The zero-order valence-corrected chi connectivity index (χ0v) is 10.5. The van der Waals surface area contributed by atoms with Crippen LogP contribution in [0.15, 0.2) is 28.0 Å². The Bertz CT molecular complexity index is 377. The molecule has 86 valence electrons. The second-order valence-electron chi connectivity index (χ2n) is 3.96. The highest BCUT2D eigenvalue weighted by Gasteiger charge is 2.22. The smallest absolute Gasteiger partial charge is 0.146 e. The first kappa shape index (κ1) is 11.4. The van der Waals surface area contributed by atoms with Crippen molar-refractivity contribution in [3.63, 3.8) is 0 Å². The molecule has 0 saturated carbocycles. The Morgan fingerprint density at radius 2 is 2.25 bits per heavy atom. The van der Waals surface area contributed by atoms with Crippen molar-refractivity contribution in [3.05, 3.63) is 28.6 Å². The predicted molar refractivity (Wildman–Crippen MR) is 69.7 cm³/mol. The molecule has 16 heavy (non-hydrogen) atoms. The second kappa shape index (κ2) is 5.30. The van der Waals surface area contributed by atoms with Crippen LogP contribution >= 0.6 is 11.3 Å². The molecule has 0 saturated heterocycles. The van der Waals surface area contributed by atoms with Crippen LogP contribution < -0.4 is 0 Å². The molecule has 0 aromatic carbocycles. The van der Waals surface area contributed by atoms with Crippen LogP contribution in [0, 0.1) is 5.92 Å². The molecule has 1 atom stereocenters. The molecule has 0 radical (unpaired) electrons. The summed E-state index contributed by atoms with van der Waals surface area (Å²) in [5.74, 6) is 1.46. The number of nitrogens with zero attached hydrogens (tertiary/aromatic N) is 1. The van der Waals surface area contributed by atoms with Gasteiger partial charge < -0.3 is 4.74 Å². The van der Waals surface area contributed by atoms with Crippen molar-refractivity contribution in [2.45, 2.75) is 32.8 Å². The van der Waals surface area contributed by atoms with Crippen molar-refractivity contribution in [2.75, 3.05) is 0 Å². The standard InChI is InChI=1S/C13H17NOS/c1-3-10(4-2)12-7-14-8-13(15-12)11-5-6-16-9-11/h5-10,12H,3-4H2,1-2H3. The van der Waals surface area contributed by atoms with Crippen molar-refractivity contribution < 1.29 is 4.74 Å². The topological polar surface area (TPSA) is 21.6 Å². The van der Waals surface area contributed by atoms with Crippen LogP contribution in [0.25, 0.3) is 5.76 Å². The Morgan fingerprint density at radius 1 is 1.44 bits per heavy atom. The van der Waals surface area contributed by atoms with E-state index in [1.165, 1.54) is 0 Å². The predicted octanol–water partition coefficient (Wildman–Crippen LogP) is 3.95. The molecular formula is C13H17NOS. The van der Waals surface area contributed by atoms with Gasteiger partial charge in [-0.2, -0.15) is 11.3 Å². The third-order valence-electron chi connectivity index (χ3n) is 3.01. The molecule has 0 bridgehead atoms. The molecule has 0 N–H and O–H groups in total. The van der Waals surface area contributed by atoms with Gasteiger partial charge in [-0.05, 0) is 24.3 Å². The molecule has 2 heterocycles. The van der Waals surface area contributed by atoms with Gasteiger partial charge in [0.15, 0.2) is 0 Å². The fourth-order valence-corrected chi connectivity index (χ4v) is 2.57. The Balaban J connectivity index is 2.10. The van der Waals surface area contributed by atoms with E-state index in [4.69, 9.17) is 4.74 Å². The monoisotopic (exact) mass is 235 g/mol. The third-order valence-corrected chi connectivity index (χ3v) is 3.69. The van der Waals surface area contributed by atoms with Crippen molar-refractivity contribution in [2.24, 2.45) is 10.9 Å². The van der Waals surface area contributed by atoms with E-state index in [9.17, 15) is 0 Å². The highest BCUT2D eigenvalue weighted by Crippen LogP contribution is 2.27. The minimum atomic E-state index is 0.134. The quantitative estimate of drug-likeness (QED) is 0.774. The van der Waals surface area contributed by atoms with E-state index >= 15 is 0 Å². The second-order valence-corrected chi connectivity index (χ2v) is 4.74. The van der Waals surface area contributed by atoms with Gasteiger partial charge in [0.25, 0.3) is 0 Å². The van der Waals surface area contributed by atoms with Crippen molar-refractivity contribution in [3.8, 4) is 0 Å². The summed E-state index contributed by atoms with van der Waals surface area (Å²) in [4.78, 5) is 4.31. The molecule has 3 heteroatoms. The third kappa shape index (κ3) is 2.35. The number of thiophene rings is 1. The summed E-state index contributed by atoms with van der Waals surface area (Å²) < 4.78 is 5.99. The van der Waals surface area contributed by atoms with Crippen LogP contribution in [0.5, 0.6) is 0 Å². The van der Waals surface area contributed by atoms with Gasteiger partial charge in [-0.15, -0.1) is 0 Å². The first-order valence-electron chi connectivity index (χ1n) is 5.77. The fourth-order valence-electron chi connectivity index (χ4n) is 1.92. The lowest BCUT2D eigenvalue weighted by molar-refractivity contribution is 0.158. The summed E-state index contributed by atoms with van der Waals surface area (Å²) >= 11 is 1.68. The lowest BCUT2D eigenvalue weighted by atomic mass is 9.96. The molecule has 2 rings (SSSR count). The molecule has 0 amide bonds. The average Bonchev–Trinajstić information content (AvgIpc) is 2.85. The molecule has 1 aromatic rings. The summed E-state index contributed by atoms with van der Waals surface area (Å²) in [5.41, 5.74) is 1.14. The van der Waals surface area contributed by atoms with Crippen molar-refractivity contribution in [1.82, 2.24) is 0 Å². The fraction of sp³-hybridized carbons (Fsp3) is 0.462. The van der Waals surface area contributed by atoms with Crippen LogP contribution in [0.4, 0.5) is 0 Å². The Labute approximate surface area is 101 Å². The summed E-state index contributed by atoms with van der Waals surface area (Å²) in [6.07, 6.45) is 6.12. The summed E-state index contributed by atoms with van der Waals surface area (Å²) in [6, 6.07) is 2.07. The van der Waals surface area contributed by atoms with Crippen LogP contribution in [0.3, 0.4) is 0 Å². The Kier molecular flexibility index (Phi) is 3.78. The average molecular weight is 235 g/mol. The molecule has 2 nitrogen and oxygen atoms in total. The number of rotatable bonds is 4. The van der Waals surface area contributed by atoms with Crippen molar-refractivity contribution >= 4 is 23.3 Å². The van der Waals surface area contributed by atoms with Crippen LogP contribution in [0.2, 0.25) is 0 Å². The van der Waals surface area contributed by atoms with Gasteiger partial charge in [0.2, 0.25) is 0 Å². The summed E-state index contributed by atoms with van der Waals surface area (Å²) in [6.45, 7) is 4.40. The van der Waals surface area contributed by atoms with Gasteiger partial charge in [0.1, 0.15) is 11.9 Å². The van der Waals surface area contributed by atoms with E-state index in [-0.39, 0.29) is 6.10 Å². The van der Waals surface area contributed by atoms with E-state index in [1.807, 2.05) is 6.21 Å². The van der Waals surface area contributed by atoms with Crippen LogP contribution in [0.1, 0.15) is 32.3 Å². The lowest BCUT2D eigenvalue weighted by Crippen LogP contribution is -2.25. The first-order valence-corrected chi connectivity index (χ1v) is 6.72. The van der Waals surface area contributed by atoms with Gasteiger partial charge in [-0.25, -0.2) is 0 Å². The lowest BCUT2D eigenvalue weighted by Gasteiger charge is -2.25. The highest BCUT2D eigenvalue weighted by atomic mass is 32.1. The first-order chi connectivity index (χ1) is 7.85. The summed E-state index contributed by atoms with van der Waals surface area (Å²) in [5, 5.41) is 4.15. The number of ether oxygens (including phenoxy) is 1. The SMILES string of the molecule is CCC(CC)C1C=NC=C(c2ccsc2)O1. The van der Waals surface area contributed by atoms with Crippen LogP contribution in [-0.2, 0) is 4.74 Å². The van der Waals surface area contributed by atoms with E-state index in [1.54, 1.807) is 17.5 Å². The van der Waals surface area contributed by atoms with Gasteiger partial charge in [0, 0.05) is 23.1 Å². The summed E-state index contributed by atoms with van der Waals surface area (Å²) in [7, 11) is 0. The maximum Gasteiger partial charge on any atom is 0.146 e. The van der Waals surface area contributed by atoms with Gasteiger partial charge >= 0.3 is 0 Å². The minimum Gasteiger partial charge on any atom is -0.482 e. The van der Waals surface area contributed by atoms with E-state index in [0.717, 1.165) is 24.2 Å². The highest BCUT2D eigenvalue weighted by molar-refractivity contribution is 7.08. The zero-order chi connectivity index (χ0) is 11.4. The maximum absolute atomic E-state index is 5.99.